The highest BCUT2D eigenvalue weighted by molar-refractivity contribution is 14.1. The molecule has 0 aliphatic rings. The number of halogens is 1. The first-order chi connectivity index (χ1) is 8.08. The van der Waals surface area contributed by atoms with Crippen LogP contribution in [-0.4, -0.2) is 31.0 Å². The van der Waals surface area contributed by atoms with Crippen LogP contribution in [0.5, 0.6) is 0 Å². The summed E-state index contributed by atoms with van der Waals surface area (Å²) in [6.07, 6.45) is -0.465. The van der Waals surface area contributed by atoms with Crippen molar-refractivity contribution in [2.45, 2.75) is 20.0 Å². The molecule has 0 saturated carbocycles. The van der Waals surface area contributed by atoms with E-state index in [1.165, 1.54) is 3.57 Å². The van der Waals surface area contributed by atoms with E-state index in [1.807, 2.05) is 24.3 Å². The maximum atomic E-state index is 9.69. The lowest BCUT2D eigenvalue weighted by atomic mass is 10.2. The Morgan fingerprint density at radius 3 is 2.47 bits per heavy atom. The minimum absolute atomic E-state index is 0.384. The number of aliphatic hydroxyl groups excluding tert-OH is 1. The number of hydrogen-bond donors (Lipinski definition) is 2. The average molecular weight is 349 g/mol. The predicted molar refractivity (Wildman–Crippen MR) is 79.3 cm³/mol. The molecule has 0 heterocycles. The van der Waals surface area contributed by atoms with Gasteiger partial charge in [0.15, 0.2) is 0 Å². The third kappa shape index (κ3) is 6.85. The average Bonchev–Trinajstić information content (AvgIpc) is 2.28. The lowest BCUT2D eigenvalue weighted by Crippen LogP contribution is -2.25. The van der Waals surface area contributed by atoms with Gasteiger partial charge in [-0.05, 0) is 52.8 Å². The number of aliphatic hydroxyl groups is 1. The van der Waals surface area contributed by atoms with Gasteiger partial charge in [-0.3, -0.25) is 0 Å². The van der Waals surface area contributed by atoms with Crippen molar-refractivity contribution in [2.24, 2.45) is 5.92 Å². The van der Waals surface area contributed by atoms with Gasteiger partial charge < -0.3 is 15.2 Å². The zero-order valence-electron chi connectivity index (χ0n) is 10.3. The molecule has 1 aromatic carbocycles. The van der Waals surface area contributed by atoms with Gasteiger partial charge in [-0.15, -0.1) is 0 Å². The summed E-state index contributed by atoms with van der Waals surface area (Å²) in [6.45, 7) is 5.78. The molecule has 0 aromatic heterocycles. The summed E-state index contributed by atoms with van der Waals surface area (Å²) in [4.78, 5) is 0. The quantitative estimate of drug-likeness (QED) is 0.744. The third-order valence-corrected chi connectivity index (χ3v) is 2.87. The molecule has 0 saturated heterocycles. The van der Waals surface area contributed by atoms with Gasteiger partial charge in [0.1, 0.15) is 0 Å². The van der Waals surface area contributed by atoms with Gasteiger partial charge in [0.05, 0.1) is 12.7 Å². The SMILES string of the molecule is CC(C)COCC(O)CNc1ccc(I)cc1. The molecule has 0 amide bonds. The second-order valence-electron chi connectivity index (χ2n) is 4.47. The molecular formula is C13H20INO2. The molecule has 0 aliphatic carbocycles. The van der Waals surface area contributed by atoms with E-state index in [1.54, 1.807) is 0 Å². The summed E-state index contributed by atoms with van der Waals surface area (Å²) < 4.78 is 6.58. The van der Waals surface area contributed by atoms with Crippen LogP contribution in [0.25, 0.3) is 0 Å². The van der Waals surface area contributed by atoms with Crippen molar-refractivity contribution in [2.75, 3.05) is 25.1 Å². The largest absolute Gasteiger partial charge is 0.389 e. The van der Waals surface area contributed by atoms with Crippen molar-refractivity contribution < 1.29 is 9.84 Å². The topological polar surface area (TPSA) is 41.5 Å². The Morgan fingerprint density at radius 2 is 1.88 bits per heavy atom. The van der Waals surface area contributed by atoms with Gasteiger partial charge in [0.2, 0.25) is 0 Å². The smallest absolute Gasteiger partial charge is 0.0945 e. The van der Waals surface area contributed by atoms with Crippen LogP contribution < -0.4 is 5.32 Å². The molecule has 0 spiro atoms. The molecule has 2 N–H and O–H groups in total. The van der Waals surface area contributed by atoms with Crippen molar-refractivity contribution >= 4 is 28.3 Å². The van der Waals surface area contributed by atoms with Gasteiger partial charge in [0, 0.05) is 22.4 Å². The predicted octanol–water partition coefficient (Wildman–Crippen LogP) is 2.74. The van der Waals surface area contributed by atoms with Gasteiger partial charge in [-0.2, -0.15) is 0 Å². The molecule has 17 heavy (non-hydrogen) atoms. The maximum absolute atomic E-state index is 9.69. The standard InChI is InChI=1S/C13H20INO2/c1-10(2)8-17-9-13(16)7-15-12-5-3-11(14)4-6-12/h3-6,10,13,15-16H,7-9H2,1-2H3. The summed E-state index contributed by atoms with van der Waals surface area (Å²) in [5.74, 6) is 0.506. The molecule has 3 nitrogen and oxygen atoms in total. The van der Waals surface area contributed by atoms with Crippen molar-refractivity contribution in [3.63, 3.8) is 0 Å². The molecule has 0 fully saturated rings. The molecule has 1 aromatic rings. The lowest BCUT2D eigenvalue weighted by Gasteiger charge is -2.14. The molecular weight excluding hydrogens is 329 g/mol. The molecule has 0 bridgehead atoms. The first kappa shape index (κ1) is 14.7. The lowest BCUT2D eigenvalue weighted by molar-refractivity contribution is 0.0318. The fourth-order valence-electron chi connectivity index (χ4n) is 1.30. The van der Waals surface area contributed by atoms with Crippen LogP contribution in [0.3, 0.4) is 0 Å². The summed E-state index contributed by atoms with van der Waals surface area (Å²) >= 11 is 2.27. The molecule has 1 rings (SSSR count). The minimum Gasteiger partial charge on any atom is -0.389 e. The number of nitrogens with one attached hydrogen (secondary N) is 1. The van der Waals surface area contributed by atoms with Crippen LogP contribution in [0.15, 0.2) is 24.3 Å². The molecule has 4 heteroatoms. The number of ether oxygens (including phenoxy) is 1. The molecule has 0 aliphatic heterocycles. The maximum Gasteiger partial charge on any atom is 0.0945 e. The fraction of sp³-hybridized carbons (Fsp3) is 0.538. The van der Waals surface area contributed by atoms with Crippen LogP contribution in [-0.2, 0) is 4.74 Å². The number of hydrogen-bond acceptors (Lipinski definition) is 3. The van der Waals surface area contributed by atoms with E-state index in [-0.39, 0.29) is 0 Å². The van der Waals surface area contributed by atoms with E-state index in [9.17, 15) is 5.11 Å². The van der Waals surface area contributed by atoms with Crippen LogP contribution in [0.1, 0.15) is 13.8 Å². The zero-order valence-corrected chi connectivity index (χ0v) is 12.5. The van der Waals surface area contributed by atoms with E-state index < -0.39 is 6.10 Å². The second kappa shape index (κ2) is 7.89. The van der Waals surface area contributed by atoms with Crippen LogP contribution in [0, 0.1) is 9.49 Å². The molecule has 1 atom stereocenters. The van der Waals surface area contributed by atoms with Crippen molar-refractivity contribution in [1.82, 2.24) is 0 Å². The van der Waals surface area contributed by atoms with Gasteiger partial charge in [-0.1, -0.05) is 13.8 Å². The van der Waals surface area contributed by atoms with Gasteiger partial charge >= 0.3 is 0 Å². The van der Waals surface area contributed by atoms with Crippen molar-refractivity contribution in [3.8, 4) is 0 Å². The van der Waals surface area contributed by atoms with E-state index in [4.69, 9.17) is 4.74 Å². The van der Waals surface area contributed by atoms with Gasteiger partial charge in [0.25, 0.3) is 0 Å². The molecule has 96 valence electrons. The van der Waals surface area contributed by atoms with E-state index in [0.717, 1.165) is 5.69 Å². The minimum atomic E-state index is -0.465. The Bertz CT molecular complexity index is 314. The first-order valence-electron chi connectivity index (χ1n) is 5.83. The Balaban J connectivity index is 2.19. The molecule has 0 radical (unpaired) electrons. The van der Waals surface area contributed by atoms with E-state index in [2.05, 4.69) is 41.8 Å². The highest BCUT2D eigenvalue weighted by Crippen LogP contribution is 2.10. The van der Waals surface area contributed by atoms with Crippen molar-refractivity contribution in [1.29, 1.82) is 0 Å². The van der Waals surface area contributed by atoms with Crippen molar-refractivity contribution in [3.05, 3.63) is 27.8 Å². The zero-order chi connectivity index (χ0) is 12.7. The highest BCUT2D eigenvalue weighted by atomic mass is 127. The summed E-state index contributed by atoms with van der Waals surface area (Å²) in [5, 5.41) is 12.9. The monoisotopic (exact) mass is 349 g/mol. The van der Waals surface area contributed by atoms with E-state index in [0.29, 0.717) is 25.7 Å². The van der Waals surface area contributed by atoms with E-state index >= 15 is 0 Å². The molecule has 1 unspecified atom stereocenters. The van der Waals surface area contributed by atoms with Crippen LogP contribution in [0.2, 0.25) is 0 Å². The highest BCUT2D eigenvalue weighted by Gasteiger charge is 2.04. The summed E-state index contributed by atoms with van der Waals surface area (Å²) in [5.41, 5.74) is 1.02. The third-order valence-electron chi connectivity index (χ3n) is 2.15. The first-order valence-corrected chi connectivity index (χ1v) is 6.91. The number of anilines is 1. The number of benzene rings is 1. The van der Waals surface area contributed by atoms with Gasteiger partial charge in [-0.25, -0.2) is 0 Å². The Hall–Kier alpha value is -0.330. The Morgan fingerprint density at radius 1 is 1.24 bits per heavy atom. The normalized spacial score (nSPS) is 12.8. The van der Waals surface area contributed by atoms with Crippen LogP contribution >= 0.6 is 22.6 Å². The Kier molecular flexibility index (Phi) is 6.84. The van der Waals surface area contributed by atoms with Crippen LogP contribution in [0.4, 0.5) is 5.69 Å². The number of rotatable bonds is 7. The second-order valence-corrected chi connectivity index (χ2v) is 5.72. The fourth-order valence-corrected chi connectivity index (χ4v) is 1.66. The summed E-state index contributed by atoms with van der Waals surface area (Å²) in [7, 11) is 0. The summed E-state index contributed by atoms with van der Waals surface area (Å²) in [6, 6.07) is 8.07. The Labute approximate surface area is 117 Å².